The molecule has 1 amide bonds. The molecule has 198 valence electrons. The molecule has 4 atom stereocenters. The van der Waals surface area contributed by atoms with Crippen LogP contribution in [-0.2, 0) is 16.1 Å². The molecule has 2 bridgehead atoms. The third-order valence-corrected chi connectivity index (χ3v) is 7.57. The van der Waals surface area contributed by atoms with E-state index in [0.717, 1.165) is 11.1 Å². The maximum Gasteiger partial charge on any atom is 0.239 e. The van der Waals surface area contributed by atoms with Crippen molar-refractivity contribution < 1.29 is 19.1 Å². The van der Waals surface area contributed by atoms with E-state index in [1.807, 2.05) is 30.0 Å². The maximum absolute atomic E-state index is 13.3. The van der Waals surface area contributed by atoms with Crippen molar-refractivity contribution in [3.05, 3.63) is 84.1 Å². The zero-order valence-electron chi connectivity index (χ0n) is 21.8. The standard InChI is InChI=1S/C31H35N3O4/c1-21-6-5-9-28(32)31(36)34-18-27(17-26(34)20-38-29-16-25(30(21)35)14-15-33-29)37-19-22-10-12-24(13-11-22)23-7-3-2-4-8-23/h2-4,7-8,10-16,21,26-28H,5-6,9,17-20,32H2,1H3/t21?,26-,27-,28-/m0/s1. The van der Waals surface area contributed by atoms with Crippen LogP contribution in [0.2, 0.25) is 0 Å². The molecule has 3 heterocycles. The second kappa shape index (κ2) is 11.9. The number of pyridine rings is 1. The fourth-order valence-electron chi connectivity index (χ4n) is 5.28. The third kappa shape index (κ3) is 6.11. The molecule has 5 rings (SSSR count). The van der Waals surface area contributed by atoms with Gasteiger partial charge in [-0.25, -0.2) is 4.98 Å². The zero-order valence-corrected chi connectivity index (χ0v) is 21.8. The maximum atomic E-state index is 13.3. The number of carbonyl (C=O) groups is 2. The Hall–Kier alpha value is -3.55. The van der Waals surface area contributed by atoms with Gasteiger partial charge in [0.25, 0.3) is 0 Å². The Morgan fingerprint density at radius 1 is 1.00 bits per heavy atom. The first-order chi connectivity index (χ1) is 18.5. The van der Waals surface area contributed by atoms with Gasteiger partial charge in [0.05, 0.1) is 24.8 Å². The smallest absolute Gasteiger partial charge is 0.239 e. The predicted molar refractivity (Wildman–Crippen MR) is 146 cm³/mol. The SMILES string of the molecule is CC1CCC[C@H](N)C(=O)N2C[C@@H](OCc3ccc(-c4ccccc4)cc3)C[C@H]2COc2cc(ccn2)C1=O. The highest BCUT2D eigenvalue weighted by Gasteiger charge is 2.38. The molecule has 0 aliphatic carbocycles. The number of amides is 1. The quantitative estimate of drug-likeness (QED) is 0.546. The molecule has 0 radical (unpaired) electrons. The van der Waals surface area contributed by atoms with Crippen molar-refractivity contribution in [3.8, 4) is 17.0 Å². The summed E-state index contributed by atoms with van der Waals surface area (Å²) in [6.07, 6.45) is 4.06. The zero-order chi connectivity index (χ0) is 26.5. The van der Waals surface area contributed by atoms with E-state index in [-0.39, 0.29) is 36.4 Å². The summed E-state index contributed by atoms with van der Waals surface area (Å²) in [6.45, 7) is 3.12. The number of carbonyl (C=O) groups excluding carboxylic acids is 2. The number of rotatable bonds is 4. The summed E-state index contributed by atoms with van der Waals surface area (Å²) in [5.74, 6) is 0.200. The van der Waals surface area contributed by atoms with Gasteiger partial charge in [0.2, 0.25) is 11.8 Å². The number of Topliss-reactive ketones (excluding diaryl/α,β-unsaturated/α-hetero) is 1. The Morgan fingerprint density at radius 3 is 2.55 bits per heavy atom. The van der Waals surface area contributed by atoms with Gasteiger partial charge in [-0.2, -0.15) is 0 Å². The lowest BCUT2D eigenvalue weighted by Gasteiger charge is -2.27. The van der Waals surface area contributed by atoms with Crippen LogP contribution in [0.3, 0.4) is 0 Å². The monoisotopic (exact) mass is 513 g/mol. The van der Waals surface area contributed by atoms with Crippen LogP contribution >= 0.6 is 0 Å². The molecule has 3 aromatic rings. The van der Waals surface area contributed by atoms with Gasteiger partial charge < -0.3 is 20.1 Å². The predicted octanol–water partition coefficient (Wildman–Crippen LogP) is 4.64. The summed E-state index contributed by atoms with van der Waals surface area (Å²) in [5, 5.41) is 0. The fraction of sp³-hybridized carbons (Fsp3) is 0.387. The van der Waals surface area contributed by atoms with Crippen molar-refractivity contribution in [2.45, 2.75) is 57.4 Å². The number of ketones is 1. The van der Waals surface area contributed by atoms with Crippen LogP contribution in [0.5, 0.6) is 5.88 Å². The molecule has 38 heavy (non-hydrogen) atoms. The lowest BCUT2D eigenvalue weighted by atomic mass is 9.93. The molecule has 2 aliphatic rings. The molecular formula is C31H35N3O4. The van der Waals surface area contributed by atoms with Crippen molar-refractivity contribution in [1.82, 2.24) is 9.88 Å². The highest BCUT2D eigenvalue weighted by atomic mass is 16.5. The van der Waals surface area contributed by atoms with Gasteiger partial charge in [0, 0.05) is 30.3 Å². The van der Waals surface area contributed by atoms with E-state index < -0.39 is 6.04 Å². The fourth-order valence-corrected chi connectivity index (χ4v) is 5.28. The van der Waals surface area contributed by atoms with Crippen molar-refractivity contribution in [2.24, 2.45) is 11.7 Å². The van der Waals surface area contributed by atoms with Crippen LogP contribution in [0.1, 0.15) is 48.5 Å². The number of ether oxygens (including phenoxy) is 2. The van der Waals surface area contributed by atoms with Gasteiger partial charge in [-0.15, -0.1) is 0 Å². The number of hydrogen-bond donors (Lipinski definition) is 1. The number of nitrogens with two attached hydrogens (primary N) is 1. The first kappa shape index (κ1) is 26.1. The van der Waals surface area contributed by atoms with Crippen molar-refractivity contribution in [2.75, 3.05) is 13.2 Å². The Balaban J connectivity index is 1.26. The lowest BCUT2D eigenvalue weighted by Crippen LogP contribution is -2.48. The van der Waals surface area contributed by atoms with Gasteiger partial charge >= 0.3 is 0 Å². The molecule has 1 fully saturated rings. The van der Waals surface area contributed by atoms with Gasteiger partial charge in [0.1, 0.15) is 6.61 Å². The van der Waals surface area contributed by atoms with E-state index in [4.69, 9.17) is 15.2 Å². The molecule has 7 heteroatoms. The molecule has 0 spiro atoms. The van der Waals surface area contributed by atoms with Crippen molar-refractivity contribution in [1.29, 1.82) is 0 Å². The molecule has 0 saturated carbocycles. The first-order valence-electron chi connectivity index (χ1n) is 13.4. The molecule has 1 saturated heterocycles. The highest BCUT2D eigenvalue weighted by molar-refractivity contribution is 5.97. The summed E-state index contributed by atoms with van der Waals surface area (Å²) < 4.78 is 12.2. The largest absolute Gasteiger partial charge is 0.475 e. The molecule has 1 aromatic heterocycles. The van der Waals surface area contributed by atoms with Gasteiger partial charge in [0.15, 0.2) is 5.78 Å². The Bertz CT molecular complexity index is 1250. The highest BCUT2D eigenvalue weighted by Crippen LogP contribution is 2.26. The van der Waals surface area contributed by atoms with Crippen LogP contribution in [0.25, 0.3) is 11.1 Å². The minimum atomic E-state index is -0.608. The van der Waals surface area contributed by atoms with Crippen LogP contribution in [-0.4, -0.2) is 52.9 Å². The van der Waals surface area contributed by atoms with Gasteiger partial charge in [-0.1, -0.05) is 67.9 Å². The molecular weight excluding hydrogens is 478 g/mol. The number of aromatic nitrogens is 1. The molecule has 1 unspecified atom stereocenters. The Morgan fingerprint density at radius 2 is 1.76 bits per heavy atom. The second-order valence-corrected chi connectivity index (χ2v) is 10.4. The number of fused-ring (bicyclic) bond motifs is 3. The third-order valence-electron chi connectivity index (χ3n) is 7.57. The number of hydrogen-bond acceptors (Lipinski definition) is 6. The Labute approximate surface area is 224 Å². The van der Waals surface area contributed by atoms with E-state index in [9.17, 15) is 9.59 Å². The van der Waals surface area contributed by atoms with Gasteiger partial charge in [-0.05, 0) is 42.0 Å². The second-order valence-electron chi connectivity index (χ2n) is 10.4. The summed E-state index contributed by atoms with van der Waals surface area (Å²) in [4.78, 5) is 32.2. The summed E-state index contributed by atoms with van der Waals surface area (Å²) in [7, 11) is 0. The number of benzene rings is 2. The van der Waals surface area contributed by atoms with Crippen LogP contribution < -0.4 is 10.5 Å². The van der Waals surface area contributed by atoms with Crippen molar-refractivity contribution >= 4 is 11.7 Å². The van der Waals surface area contributed by atoms with E-state index in [0.29, 0.717) is 50.3 Å². The minimum absolute atomic E-state index is 0.0574. The topological polar surface area (TPSA) is 94.8 Å². The van der Waals surface area contributed by atoms with E-state index >= 15 is 0 Å². The van der Waals surface area contributed by atoms with E-state index in [1.165, 1.54) is 5.56 Å². The average Bonchev–Trinajstić information content (AvgIpc) is 3.37. The van der Waals surface area contributed by atoms with Crippen LogP contribution in [0.4, 0.5) is 0 Å². The summed E-state index contributed by atoms with van der Waals surface area (Å²) in [5.41, 5.74) is 10.3. The summed E-state index contributed by atoms with van der Waals surface area (Å²) >= 11 is 0. The first-order valence-corrected chi connectivity index (χ1v) is 13.4. The molecule has 2 N–H and O–H groups in total. The van der Waals surface area contributed by atoms with Crippen LogP contribution in [0.15, 0.2) is 72.9 Å². The summed E-state index contributed by atoms with van der Waals surface area (Å²) in [6, 6.07) is 21.3. The number of nitrogens with zero attached hydrogens (tertiary/aromatic N) is 2. The molecule has 2 aromatic carbocycles. The normalized spacial score (nSPS) is 24.4. The van der Waals surface area contributed by atoms with Crippen LogP contribution in [0, 0.1) is 5.92 Å². The van der Waals surface area contributed by atoms with E-state index in [1.54, 1.807) is 18.3 Å². The molecule has 7 nitrogen and oxygen atoms in total. The lowest BCUT2D eigenvalue weighted by molar-refractivity contribution is -0.134. The van der Waals surface area contributed by atoms with Crippen molar-refractivity contribution in [3.63, 3.8) is 0 Å². The van der Waals surface area contributed by atoms with E-state index in [2.05, 4.69) is 41.4 Å². The van der Waals surface area contributed by atoms with Gasteiger partial charge in [-0.3, -0.25) is 9.59 Å². The minimum Gasteiger partial charge on any atom is -0.475 e. The molecule has 2 aliphatic heterocycles. The average molecular weight is 514 g/mol. The Kier molecular flexibility index (Phi) is 8.15.